The van der Waals surface area contributed by atoms with Crippen molar-refractivity contribution < 1.29 is 32.7 Å². The van der Waals surface area contributed by atoms with Crippen molar-refractivity contribution in [2.45, 2.75) is 65.3 Å². The molecule has 8 nitrogen and oxygen atoms in total. The first-order valence-electron chi connectivity index (χ1n) is 12.4. The highest BCUT2D eigenvalue weighted by molar-refractivity contribution is 6.60. The Morgan fingerprint density at radius 1 is 0.943 bits per heavy atom. The summed E-state index contributed by atoms with van der Waals surface area (Å²) in [5.74, 6) is -0.913. The van der Waals surface area contributed by atoms with Crippen molar-refractivity contribution in [2.75, 3.05) is 33.0 Å². The Hall–Kier alpha value is -1.91. The van der Waals surface area contributed by atoms with Crippen molar-refractivity contribution in [3.05, 3.63) is 40.4 Å². The normalized spacial score (nSPS) is 11.9. The van der Waals surface area contributed by atoms with E-state index in [1.165, 1.54) is 0 Å². The number of carboxylic acids is 1. The molecule has 0 saturated heterocycles. The van der Waals surface area contributed by atoms with Crippen molar-refractivity contribution in [2.24, 2.45) is 0 Å². The molecule has 10 heteroatoms. The van der Waals surface area contributed by atoms with Crippen LogP contribution >= 0.6 is 11.6 Å². The highest BCUT2D eigenvalue weighted by atomic mass is 35.5. The van der Waals surface area contributed by atoms with Crippen LogP contribution in [0.2, 0.25) is 11.1 Å². The third-order valence-corrected chi connectivity index (χ3v) is 8.48. The first kappa shape index (κ1) is 31.1. The summed E-state index contributed by atoms with van der Waals surface area (Å²) in [5.41, 5.74) is 1.18. The number of carbonyl (C=O) groups is 2. The minimum absolute atomic E-state index is 0.327. The second-order valence-corrected chi connectivity index (χ2v) is 11.0. The summed E-state index contributed by atoms with van der Waals surface area (Å²) in [4.78, 5) is 23.4. The summed E-state index contributed by atoms with van der Waals surface area (Å²) in [5, 5.41) is 12.8. The van der Waals surface area contributed by atoms with Crippen molar-refractivity contribution in [3.63, 3.8) is 0 Å². The summed E-state index contributed by atoms with van der Waals surface area (Å²) in [7, 11) is -2.69. The number of carbonyl (C=O) groups excluding carboxylic acids is 1. The summed E-state index contributed by atoms with van der Waals surface area (Å²) < 4.78 is 22.6. The molecule has 0 unspecified atom stereocenters. The molecule has 0 aliphatic heterocycles. The van der Waals surface area contributed by atoms with Gasteiger partial charge in [-0.05, 0) is 70.2 Å². The molecule has 0 heterocycles. The molecular weight excluding hydrogens is 490 g/mol. The van der Waals surface area contributed by atoms with Crippen LogP contribution in [0, 0.1) is 0 Å². The van der Waals surface area contributed by atoms with Gasteiger partial charge in [0.15, 0.2) is 0 Å². The van der Waals surface area contributed by atoms with E-state index in [0.717, 1.165) is 31.2 Å². The largest absolute Gasteiger partial charge is 0.500 e. The third-order valence-electron chi connectivity index (χ3n) is 5.08. The van der Waals surface area contributed by atoms with Crippen molar-refractivity contribution in [1.82, 2.24) is 5.32 Å². The molecule has 0 aliphatic rings. The number of unbranched alkanes of at least 4 members (excludes halogenated alkanes) is 3. The number of alkyl carbamates (subject to hydrolysis) is 1. The molecule has 1 aromatic rings. The van der Waals surface area contributed by atoms with Crippen LogP contribution < -0.4 is 5.32 Å². The van der Waals surface area contributed by atoms with Crippen molar-refractivity contribution in [1.29, 1.82) is 0 Å². The number of aliphatic carboxylic acids is 1. The molecule has 0 spiro atoms. The number of nitrogens with one attached hydrogen (secondary N) is 1. The molecular formula is C25H40ClNO7Si. The average molecular weight is 530 g/mol. The number of halogens is 1. The maximum atomic E-state index is 11.9. The lowest BCUT2D eigenvalue weighted by molar-refractivity contribution is -0.132. The molecule has 2 N–H and O–H groups in total. The van der Waals surface area contributed by atoms with Gasteiger partial charge in [-0.1, -0.05) is 36.6 Å². The van der Waals surface area contributed by atoms with Crippen molar-refractivity contribution in [3.8, 4) is 0 Å². The van der Waals surface area contributed by atoms with Gasteiger partial charge >= 0.3 is 20.9 Å². The molecule has 0 aromatic heterocycles. The lowest BCUT2D eigenvalue weighted by Gasteiger charge is -2.28. The Balaban J connectivity index is 2.20. The van der Waals surface area contributed by atoms with Gasteiger partial charge in [0.25, 0.3) is 0 Å². The van der Waals surface area contributed by atoms with Gasteiger partial charge in [0.2, 0.25) is 0 Å². The minimum atomic E-state index is -2.69. The Kier molecular flexibility index (Phi) is 16.3. The van der Waals surface area contributed by atoms with E-state index in [4.69, 9.17) is 29.6 Å². The molecule has 0 fully saturated rings. The highest BCUT2D eigenvalue weighted by Crippen LogP contribution is 2.18. The molecule has 0 atom stereocenters. The van der Waals surface area contributed by atoms with Crippen molar-refractivity contribution >= 4 is 38.5 Å². The molecule has 0 radical (unpaired) electrons. The fourth-order valence-corrected chi connectivity index (χ4v) is 6.22. The predicted octanol–water partition coefficient (Wildman–Crippen LogP) is 5.92. The standard InChI is InChI=1S/C25H40ClNO7Si/c1-4-32-35(33-5-2,34-6-3)19-11-17-27-25(30)31-18-10-8-7-9-12-22(24(28)29)20-21-13-15-23(26)16-14-21/h13-16,20H,4-12,17-19H2,1-3H3,(H,27,30)(H,28,29)/b22-20+. The number of amides is 1. The number of hydrogen-bond acceptors (Lipinski definition) is 6. The van der Waals surface area contributed by atoms with Crippen LogP contribution in [-0.4, -0.2) is 58.9 Å². The van der Waals surface area contributed by atoms with Crippen LogP contribution in [0.1, 0.15) is 64.9 Å². The Bertz CT molecular complexity index is 757. The number of carboxylic acid groups (broad SMARTS) is 1. The van der Waals surface area contributed by atoms with E-state index >= 15 is 0 Å². The van der Waals surface area contributed by atoms with Crippen LogP contribution in [0.15, 0.2) is 29.8 Å². The zero-order valence-corrected chi connectivity index (χ0v) is 22.9. The second kappa shape index (κ2) is 18.4. The molecule has 1 amide bonds. The predicted molar refractivity (Wildman–Crippen MR) is 140 cm³/mol. The smallest absolute Gasteiger partial charge is 0.478 e. The van der Waals surface area contributed by atoms with Gasteiger partial charge in [0.05, 0.1) is 6.61 Å². The fourth-order valence-electron chi connectivity index (χ4n) is 3.48. The maximum absolute atomic E-state index is 11.9. The number of hydrogen-bond donors (Lipinski definition) is 2. The van der Waals surface area contributed by atoms with E-state index in [2.05, 4.69) is 5.32 Å². The topological polar surface area (TPSA) is 103 Å². The summed E-state index contributed by atoms with van der Waals surface area (Å²) >= 11 is 5.87. The number of ether oxygens (including phenoxy) is 1. The van der Waals surface area contributed by atoms with Gasteiger partial charge in [-0.2, -0.15) is 0 Å². The van der Waals surface area contributed by atoms with Gasteiger partial charge < -0.3 is 28.4 Å². The van der Waals surface area contributed by atoms with E-state index in [1.54, 1.807) is 30.3 Å². The summed E-state index contributed by atoms with van der Waals surface area (Å²) in [6.07, 6.45) is 5.58. The Labute approximate surface area is 215 Å². The molecule has 1 aromatic carbocycles. The maximum Gasteiger partial charge on any atom is 0.500 e. The van der Waals surface area contributed by atoms with Gasteiger partial charge in [-0.25, -0.2) is 9.59 Å². The van der Waals surface area contributed by atoms with E-state index in [0.29, 0.717) is 62.5 Å². The zero-order chi connectivity index (χ0) is 25.9. The lowest BCUT2D eigenvalue weighted by atomic mass is 10.0. The first-order chi connectivity index (χ1) is 16.9. The fraction of sp³-hybridized carbons (Fsp3) is 0.600. The van der Waals surface area contributed by atoms with Crippen LogP contribution in [0.25, 0.3) is 6.08 Å². The Morgan fingerprint density at radius 2 is 1.54 bits per heavy atom. The highest BCUT2D eigenvalue weighted by Gasteiger charge is 2.39. The number of benzene rings is 1. The van der Waals surface area contributed by atoms with E-state index in [1.807, 2.05) is 20.8 Å². The molecule has 1 rings (SSSR count). The molecule has 0 aliphatic carbocycles. The quantitative estimate of drug-likeness (QED) is 0.130. The second-order valence-electron chi connectivity index (χ2n) is 7.84. The SMILES string of the molecule is CCO[Si](CCCNC(=O)OCCCCCC/C(=C\c1ccc(Cl)cc1)C(=O)O)(OCC)OCC. The Morgan fingerprint density at radius 3 is 2.11 bits per heavy atom. The lowest BCUT2D eigenvalue weighted by Crippen LogP contribution is -2.46. The van der Waals surface area contributed by atoms with E-state index in [9.17, 15) is 14.7 Å². The average Bonchev–Trinajstić information content (AvgIpc) is 2.82. The summed E-state index contributed by atoms with van der Waals surface area (Å²) in [6, 6.07) is 7.69. The van der Waals surface area contributed by atoms with Gasteiger partial charge in [0, 0.05) is 43.0 Å². The third kappa shape index (κ3) is 13.7. The van der Waals surface area contributed by atoms with E-state index < -0.39 is 20.9 Å². The minimum Gasteiger partial charge on any atom is -0.478 e. The van der Waals surface area contributed by atoms with E-state index in [-0.39, 0.29) is 0 Å². The van der Waals surface area contributed by atoms with Crippen LogP contribution in [0.4, 0.5) is 4.79 Å². The van der Waals surface area contributed by atoms with Crippen LogP contribution in [-0.2, 0) is 22.8 Å². The monoisotopic (exact) mass is 529 g/mol. The summed E-state index contributed by atoms with van der Waals surface area (Å²) in [6.45, 7) is 8.11. The molecule has 0 bridgehead atoms. The molecule has 198 valence electrons. The number of rotatable bonds is 19. The van der Waals surface area contributed by atoms with Gasteiger partial charge in [-0.3, -0.25) is 0 Å². The van der Waals surface area contributed by atoms with Gasteiger partial charge in [0.1, 0.15) is 0 Å². The van der Waals surface area contributed by atoms with Crippen LogP contribution in [0.5, 0.6) is 0 Å². The zero-order valence-electron chi connectivity index (χ0n) is 21.1. The van der Waals surface area contributed by atoms with Gasteiger partial charge in [-0.15, -0.1) is 0 Å². The van der Waals surface area contributed by atoms with Crippen LogP contribution in [0.3, 0.4) is 0 Å². The molecule has 0 saturated carbocycles. The molecule has 35 heavy (non-hydrogen) atoms. The first-order valence-corrected chi connectivity index (χ1v) is 14.7.